The van der Waals surface area contributed by atoms with E-state index in [2.05, 4.69) is 9.97 Å². The Bertz CT molecular complexity index is 1570. The minimum Gasteiger partial charge on any atom is -0.497 e. The van der Waals surface area contributed by atoms with Crippen molar-refractivity contribution in [2.75, 3.05) is 12.0 Å². The molecular weight excluding hydrogens is 505 g/mol. The molecule has 1 aliphatic rings. The second kappa shape index (κ2) is 9.29. The van der Waals surface area contributed by atoms with Gasteiger partial charge in [-0.25, -0.2) is 9.88 Å². The minimum absolute atomic E-state index is 0.0256. The normalized spacial score (nSPS) is 15.9. The van der Waals surface area contributed by atoms with Crippen LogP contribution in [0.5, 0.6) is 5.75 Å². The second-order valence-corrected chi connectivity index (χ2v) is 9.39. The monoisotopic (exact) mass is 522 g/mol. The fourth-order valence-electron chi connectivity index (χ4n) is 4.13. The molecule has 11 heteroatoms. The number of hydrogen-bond acceptors (Lipinski definition) is 6. The summed E-state index contributed by atoms with van der Waals surface area (Å²) in [6, 6.07) is 15.5. The summed E-state index contributed by atoms with van der Waals surface area (Å²) in [6.07, 6.45) is -3.35. The number of ether oxygens (including phenoxy) is 1. The maximum atomic E-state index is 13.9. The molecule has 186 valence electrons. The molecule has 37 heavy (non-hydrogen) atoms. The average molecular weight is 523 g/mol. The highest BCUT2D eigenvalue weighted by atomic mass is 32.2. The maximum absolute atomic E-state index is 13.9. The van der Waals surface area contributed by atoms with Gasteiger partial charge in [-0.05, 0) is 53.9 Å². The maximum Gasteiger partial charge on any atom is 0.417 e. The van der Waals surface area contributed by atoms with Crippen molar-refractivity contribution in [2.45, 2.75) is 22.9 Å². The van der Waals surface area contributed by atoms with Crippen LogP contribution < -0.4 is 9.64 Å². The Morgan fingerprint density at radius 2 is 1.89 bits per heavy atom. The van der Waals surface area contributed by atoms with Gasteiger partial charge in [0.25, 0.3) is 0 Å². The zero-order valence-corrected chi connectivity index (χ0v) is 20.0. The third kappa shape index (κ3) is 4.51. The highest BCUT2D eigenvalue weighted by Crippen LogP contribution is 2.41. The molecule has 0 radical (unpaired) electrons. The number of nitrogens with zero attached hydrogens (tertiary/aromatic N) is 3. The van der Waals surface area contributed by atoms with Gasteiger partial charge in [-0.1, -0.05) is 17.8 Å². The van der Waals surface area contributed by atoms with E-state index in [1.807, 2.05) is 6.07 Å². The number of methoxy groups -OCH3 is 1. The molecule has 1 fully saturated rings. The van der Waals surface area contributed by atoms with E-state index in [0.29, 0.717) is 28.8 Å². The molecule has 0 saturated carbocycles. The lowest BCUT2D eigenvalue weighted by Gasteiger charge is -2.17. The number of nitrogens with one attached hydrogen (secondary N) is 1. The number of thioether (sulfide) groups is 1. The Morgan fingerprint density at radius 1 is 1.14 bits per heavy atom. The fourth-order valence-corrected chi connectivity index (χ4v) is 5.25. The van der Waals surface area contributed by atoms with Gasteiger partial charge in [0.2, 0.25) is 11.8 Å². The summed E-state index contributed by atoms with van der Waals surface area (Å²) < 4.78 is 46.9. The summed E-state index contributed by atoms with van der Waals surface area (Å²) in [7, 11) is 1.46. The number of amides is 2. The van der Waals surface area contributed by atoms with Crippen LogP contribution >= 0.6 is 11.8 Å². The Hall–Kier alpha value is -4.30. The number of rotatable bonds is 5. The molecule has 1 saturated heterocycles. The molecule has 1 unspecified atom stereocenters. The molecule has 2 aromatic heterocycles. The Kier molecular flexibility index (Phi) is 6.13. The first-order valence-electron chi connectivity index (χ1n) is 11.0. The minimum atomic E-state index is -4.84. The van der Waals surface area contributed by atoms with Crippen LogP contribution in [0.15, 0.2) is 65.8 Å². The molecule has 0 spiro atoms. The number of pyridine rings is 1. The largest absolute Gasteiger partial charge is 0.497 e. The third-order valence-electron chi connectivity index (χ3n) is 5.95. The zero-order valence-electron chi connectivity index (χ0n) is 19.2. The zero-order chi connectivity index (χ0) is 26.3. The molecule has 2 amide bonds. The van der Waals surface area contributed by atoms with Gasteiger partial charge in [0.1, 0.15) is 16.8 Å². The lowest BCUT2D eigenvalue weighted by atomic mass is 10.1. The van der Waals surface area contributed by atoms with E-state index < -0.39 is 34.4 Å². The van der Waals surface area contributed by atoms with Crippen LogP contribution in [0, 0.1) is 11.3 Å². The quantitative estimate of drug-likeness (QED) is 0.345. The standard InChI is InChI=1S/C26H17F3N4O3S/c1-36-17-6-3-14(4-7-17)21-11-19(26(27,28)29)18(13-30)24(32-21)37-22-12-23(34)33(25(22)35)16-5-2-15-8-9-31-20(15)10-16/h2-11,22,31H,12H2,1H3. The summed E-state index contributed by atoms with van der Waals surface area (Å²) in [5, 5.41) is 9.19. The molecule has 1 N–H and O–H groups in total. The Balaban J connectivity index is 1.52. The smallest absolute Gasteiger partial charge is 0.417 e. The highest BCUT2D eigenvalue weighted by molar-refractivity contribution is 8.00. The van der Waals surface area contributed by atoms with Gasteiger partial charge in [-0.15, -0.1) is 0 Å². The van der Waals surface area contributed by atoms with Gasteiger partial charge in [-0.2, -0.15) is 18.4 Å². The van der Waals surface area contributed by atoms with Crippen LogP contribution in [0.2, 0.25) is 0 Å². The van der Waals surface area contributed by atoms with Crippen LogP contribution in [0.4, 0.5) is 18.9 Å². The van der Waals surface area contributed by atoms with Gasteiger partial charge in [0.15, 0.2) is 0 Å². The predicted octanol–water partition coefficient (Wildman–Crippen LogP) is 5.55. The molecule has 3 heterocycles. The van der Waals surface area contributed by atoms with E-state index in [1.165, 1.54) is 7.11 Å². The number of benzene rings is 2. The molecule has 7 nitrogen and oxygen atoms in total. The Labute approximate surface area is 212 Å². The van der Waals surface area contributed by atoms with Crippen LogP contribution in [0.25, 0.3) is 22.2 Å². The topological polar surface area (TPSA) is 99.1 Å². The number of halogens is 3. The first-order chi connectivity index (χ1) is 17.7. The fraction of sp³-hybridized carbons (Fsp3) is 0.154. The van der Waals surface area contributed by atoms with Crippen molar-refractivity contribution in [3.05, 3.63) is 71.9 Å². The van der Waals surface area contributed by atoms with E-state index in [1.54, 1.807) is 54.7 Å². The van der Waals surface area contributed by atoms with E-state index in [4.69, 9.17) is 4.74 Å². The highest BCUT2D eigenvalue weighted by Gasteiger charge is 2.42. The Morgan fingerprint density at radius 3 is 2.57 bits per heavy atom. The molecule has 5 rings (SSSR count). The number of anilines is 1. The molecule has 1 atom stereocenters. The van der Waals surface area contributed by atoms with Gasteiger partial charge < -0.3 is 9.72 Å². The summed E-state index contributed by atoms with van der Waals surface area (Å²) in [5.74, 6) is -0.569. The van der Waals surface area contributed by atoms with Crippen LogP contribution in [0.3, 0.4) is 0 Å². The number of alkyl halides is 3. The molecule has 4 aromatic rings. The van der Waals surface area contributed by atoms with Gasteiger partial charge in [0.05, 0.1) is 34.9 Å². The molecule has 0 bridgehead atoms. The van der Waals surface area contributed by atoms with E-state index in [0.717, 1.165) is 21.9 Å². The van der Waals surface area contributed by atoms with Crippen molar-refractivity contribution >= 4 is 40.2 Å². The lowest BCUT2D eigenvalue weighted by molar-refractivity contribution is -0.138. The van der Waals surface area contributed by atoms with Gasteiger partial charge >= 0.3 is 6.18 Å². The van der Waals surface area contributed by atoms with Crippen molar-refractivity contribution in [1.82, 2.24) is 9.97 Å². The summed E-state index contributed by atoms with van der Waals surface area (Å²) in [6.45, 7) is 0. The second-order valence-electron chi connectivity index (χ2n) is 8.20. The van der Waals surface area contributed by atoms with Crippen molar-refractivity contribution < 1.29 is 27.5 Å². The SMILES string of the molecule is COc1ccc(-c2cc(C(F)(F)F)c(C#N)c(SC3CC(=O)N(c4ccc5cc[nH]c5c4)C3=O)n2)cc1. The van der Waals surface area contributed by atoms with E-state index in [-0.39, 0.29) is 17.1 Å². The molecular formula is C26H17F3N4O3S. The van der Waals surface area contributed by atoms with Crippen LogP contribution in [0.1, 0.15) is 17.5 Å². The van der Waals surface area contributed by atoms with E-state index in [9.17, 15) is 28.0 Å². The number of nitriles is 1. The van der Waals surface area contributed by atoms with Crippen LogP contribution in [-0.4, -0.2) is 34.1 Å². The van der Waals surface area contributed by atoms with E-state index >= 15 is 0 Å². The molecule has 2 aromatic carbocycles. The molecule has 0 aliphatic carbocycles. The first kappa shape index (κ1) is 24.4. The van der Waals surface area contributed by atoms with Crippen molar-refractivity contribution in [1.29, 1.82) is 5.26 Å². The predicted molar refractivity (Wildman–Crippen MR) is 131 cm³/mol. The summed E-state index contributed by atoms with van der Waals surface area (Å²) >= 11 is 0.687. The number of carbonyl (C=O) groups excluding carboxylic acids is 2. The number of aromatic nitrogens is 2. The van der Waals surface area contributed by atoms with Gasteiger partial charge in [0, 0.05) is 23.7 Å². The first-order valence-corrected chi connectivity index (χ1v) is 11.8. The number of aromatic amines is 1. The number of carbonyl (C=O) groups is 2. The number of hydrogen-bond donors (Lipinski definition) is 1. The lowest BCUT2D eigenvalue weighted by Crippen LogP contribution is -2.31. The summed E-state index contributed by atoms with van der Waals surface area (Å²) in [4.78, 5) is 34.4. The summed E-state index contributed by atoms with van der Waals surface area (Å²) in [5.41, 5.74) is -0.436. The van der Waals surface area contributed by atoms with Crippen LogP contribution in [-0.2, 0) is 15.8 Å². The average Bonchev–Trinajstić information content (AvgIpc) is 3.46. The number of H-pyrrole nitrogens is 1. The number of fused-ring (bicyclic) bond motifs is 1. The number of imide groups is 1. The molecule has 1 aliphatic heterocycles. The van der Waals surface area contributed by atoms with Crippen molar-refractivity contribution in [2.24, 2.45) is 0 Å². The van der Waals surface area contributed by atoms with Crippen molar-refractivity contribution in [3.63, 3.8) is 0 Å². The van der Waals surface area contributed by atoms with Crippen molar-refractivity contribution in [3.8, 4) is 23.1 Å². The van der Waals surface area contributed by atoms with Gasteiger partial charge in [-0.3, -0.25) is 9.59 Å². The third-order valence-corrected chi connectivity index (χ3v) is 7.12.